The Kier molecular flexibility index (Phi) is 8.24. The first-order chi connectivity index (χ1) is 16.5. The Hall–Kier alpha value is -2.41. The summed E-state index contributed by atoms with van der Waals surface area (Å²) in [6, 6.07) is 9.90. The molecule has 1 fully saturated rings. The Bertz CT molecular complexity index is 994. The smallest absolute Gasteiger partial charge is 0.253 e. The van der Waals surface area contributed by atoms with Gasteiger partial charge in [-0.3, -0.25) is 9.78 Å². The van der Waals surface area contributed by atoms with Gasteiger partial charge in [-0.25, -0.2) is 4.39 Å². The molecule has 5 nitrogen and oxygen atoms in total. The molecule has 1 N–H and O–H groups in total. The number of carbonyl (C=O) groups excluding carboxylic acids is 2. The van der Waals surface area contributed by atoms with Crippen LogP contribution in [0.5, 0.6) is 0 Å². The number of hydrogen-bond donors (Lipinski definition) is 1. The molecular formula is C27H34FN3O2S. The van der Waals surface area contributed by atoms with Crippen LogP contribution in [-0.4, -0.2) is 47.0 Å². The molecule has 182 valence electrons. The van der Waals surface area contributed by atoms with Crippen molar-refractivity contribution in [3.8, 4) is 0 Å². The van der Waals surface area contributed by atoms with Crippen LogP contribution >= 0.6 is 11.8 Å². The van der Waals surface area contributed by atoms with E-state index in [1.54, 1.807) is 18.1 Å². The quantitative estimate of drug-likeness (QED) is 0.453. The van der Waals surface area contributed by atoms with Crippen LogP contribution in [0, 0.1) is 5.92 Å². The molecule has 2 aliphatic rings. The molecule has 4 rings (SSSR count). The van der Waals surface area contributed by atoms with Gasteiger partial charge in [0.2, 0.25) is 0 Å². The average molecular weight is 484 g/mol. The van der Waals surface area contributed by atoms with Crippen molar-refractivity contribution in [1.82, 2.24) is 9.88 Å². The lowest BCUT2D eigenvalue weighted by Gasteiger charge is -2.37. The van der Waals surface area contributed by atoms with Gasteiger partial charge in [-0.2, -0.15) is 0 Å². The molecule has 0 bridgehead atoms. The monoisotopic (exact) mass is 483 g/mol. The van der Waals surface area contributed by atoms with Crippen LogP contribution in [0.1, 0.15) is 73.0 Å². The minimum Gasteiger partial charge on any atom is -0.381 e. The summed E-state index contributed by atoms with van der Waals surface area (Å²) >= 11 is 1.83. The second-order valence-corrected chi connectivity index (χ2v) is 10.8. The topological polar surface area (TPSA) is 62.3 Å². The highest BCUT2D eigenvalue weighted by molar-refractivity contribution is 8.00. The number of amides is 1. The molecule has 1 aliphatic heterocycles. The Morgan fingerprint density at radius 3 is 2.68 bits per heavy atom. The number of nitrogens with one attached hydrogen (secondary N) is 1. The summed E-state index contributed by atoms with van der Waals surface area (Å²) in [6.45, 7) is 2.17. The fraction of sp³-hybridized carbons (Fsp3) is 0.519. The van der Waals surface area contributed by atoms with E-state index in [9.17, 15) is 14.0 Å². The summed E-state index contributed by atoms with van der Waals surface area (Å²) in [7, 11) is 1.72. The first-order valence-electron chi connectivity index (χ1n) is 12.3. The largest absolute Gasteiger partial charge is 0.381 e. The normalized spacial score (nSPS) is 21.0. The van der Waals surface area contributed by atoms with Crippen molar-refractivity contribution < 1.29 is 14.0 Å². The number of thioether (sulfide) groups is 1. The first kappa shape index (κ1) is 24.7. The molecule has 3 atom stereocenters. The number of carbonyl (C=O) groups is 2. The van der Waals surface area contributed by atoms with E-state index in [1.165, 1.54) is 32.1 Å². The highest BCUT2D eigenvalue weighted by Crippen LogP contribution is 2.49. The van der Waals surface area contributed by atoms with Gasteiger partial charge in [0.05, 0.1) is 5.69 Å². The fourth-order valence-corrected chi connectivity index (χ4v) is 6.87. The number of anilines is 1. The zero-order valence-electron chi connectivity index (χ0n) is 20.0. The number of rotatable bonds is 9. The van der Waals surface area contributed by atoms with E-state index in [1.807, 2.05) is 42.1 Å². The fourth-order valence-electron chi connectivity index (χ4n) is 5.22. The van der Waals surface area contributed by atoms with E-state index in [0.717, 1.165) is 22.6 Å². The van der Waals surface area contributed by atoms with Gasteiger partial charge < -0.3 is 15.0 Å². The number of halogens is 1. The maximum Gasteiger partial charge on any atom is 0.253 e. The third kappa shape index (κ3) is 5.45. The molecule has 1 aromatic carbocycles. The van der Waals surface area contributed by atoms with Crippen molar-refractivity contribution in [2.45, 2.75) is 74.2 Å². The van der Waals surface area contributed by atoms with Crippen molar-refractivity contribution >= 4 is 29.6 Å². The van der Waals surface area contributed by atoms with Crippen molar-refractivity contribution in [2.75, 3.05) is 18.9 Å². The third-order valence-electron chi connectivity index (χ3n) is 7.19. The molecule has 1 saturated carbocycles. The van der Waals surface area contributed by atoms with Gasteiger partial charge in [-0.15, -0.1) is 11.8 Å². The number of aromatic nitrogens is 1. The van der Waals surface area contributed by atoms with Crippen molar-refractivity contribution in [3.05, 3.63) is 53.3 Å². The molecule has 0 radical (unpaired) electrons. The maximum absolute atomic E-state index is 13.2. The Labute approximate surface area is 205 Å². The van der Waals surface area contributed by atoms with Crippen molar-refractivity contribution in [1.29, 1.82) is 0 Å². The number of alkyl halides is 1. The van der Waals surface area contributed by atoms with E-state index in [-0.39, 0.29) is 17.9 Å². The minimum absolute atomic E-state index is 0.0811. The van der Waals surface area contributed by atoms with E-state index >= 15 is 0 Å². The van der Waals surface area contributed by atoms with Crippen LogP contribution in [0.15, 0.2) is 41.4 Å². The molecule has 34 heavy (non-hydrogen) atoms. The number of hydrogen-bond acceptors (Lipinski definition) is 5. The maximum atomic E-state index is 13.2. The highest BCUT2D eigenvalue weighted by Gasteiger charge is 2.40. The standard InChI is InChI=1S/C27H34FN3O2S/c1-18-24-23(15-19(16-28)17-29-24)34-26(18)25(20-7-4-3-5-8-20)30-22-11-9-21(10-12-22)27(33)31(2)13-6-14-32/h9-12,14-15,17-18,20,25-26,30H,3-8,13,16H2,1-2H3. The summed E-state index contributed by atoms with van der Waals surface area (Å²) in [5, 5.41) is 4.14. The number of fused-ring (bicyclic) bond motifs is 1. The molecule has 1 aliphatic carbocycles. The summed E-state index contributed by atoms with van der Waals surface area (Å²) in [5.74, 6) is 0.766. The van der Waals surface area contributed by atoms with Crippen LogP contribution in [-0.2, 0) is 11.5 Å². The van der Waals surface area contributed by atoms with E-state index in [2.05, 4.69) is 17.2 Å². The summed E-state index contributed by atoms with van der Waals surface area (Å²) < 4.78 is 13.2. The minimum atomic E-state index is -0.487. The van der Waals surface area contributed by atoms with Crippen LogP contribution in [0.2, 0.25) is 0 Å². The highest BCUT2D eigenvalue weighted by atomic mass is 32.2. The predicted molar refractivity (Wildman–Crippen MR) is 135 cm³/mol. The summed E-state index contributed by atoms with van der Waals surface area (Å²) in [5.41, 5.74) is 3.34. The van der Waals surface area contributed by atoms with Crippen LogP contribution < -0.4 is 5.32 Å². The van der Waals surface area contributed by atoms with Crippen LogP contribution in [0.25, 0.3) is 0 Å². The van der Waals surface area contributed by atoms with Gasteiger partial charge in [-0.1, -0.05) is 26.2 Å². The van der Waals surface area contributed by atoms with E-state index in [4.69, 9.17) is 0 Å². The number of aldehydes is 1. The average Bonchev–Trinajstić information content (AvgIpc) is 3.21. The number of pyridine rings is 1. The second kappa shape index (κ2) is 11.3. The molecule has 0 saturated heterocycles. The lowest BCUT2D eigenvalue weighted by Crippen LogP contribution is -2.40. The summed E-state index contributed by atoms with van der Waals surface area (Å²) in [4.78, 5) is 30.5. The van der Waals surface area contributed by atoms with Crippen molar-refractivity contribution in [2.24, 2.45) is 5.92 Å². The van der Waals surface area contributed by atoms with Gasteiger partial charge in [0, 0.05) is 65.1 Å². The second-order valence-electron chi connectivity index (χ2n) is 9.56. The van der Waals surface area contributed by atoms with Crippen molar-refractivity contribution in [3.63, 3.8) is 0 Å². The molecule has 7 heteroatoms. The molecular weight excluding hydrogens is 449 g/mol. The Balaban J connectivity index is 1.52. The zero-order valence-corrected chi connectivity index (χ0v) is 20.8. The molecule has 0 spiro atoms. The van der Waals surface area contributed by atoms with Gasteiger partial charge in [0.15, 0.2) is 0 Å². The lowest BCUT2D eigenvalue weighted by atomic mass is 9.79. The SMILES string of the molecule is CC1c2ncc(CF)cc2SC1C(Nc1ccc(C(=O)N(C)CCC=O)cc1)C1CCCCC1. The van der Waals surface area contributed by atoms with E-state index in [0.29, 0.717) is 35.3 Å². The molecule has 1 amide bonds. The summed E-state index contributed by atoms with van der Waals surface area (Å²) in [6.07, 6.45) is 9.06. The lowest BCUT2D eigenvalue weighted by molar-refractivity contribution is -0.108. The molecule has 2 aromatic rings. The van der Waals surface area contributed by atoms with Crippen LogP contribution in [0.3, 0.4) is 0 Å². The Morgan fingerprint density at radius 2 is 2.00 bits per heavy atom. The predicted octanol–water partition coefficient (Wildman–Crippen LogP) is 5.85. The molecule has 1 aromatic heterocycles. The Morgan fingerprint density at radius 1 is 1.26 bits per heavy atom. The van der Waals surface area contributed by atoms with E-state index < -0.39 is 6.67 Å². The first-order valence-corrected chi connectivity index (χ1v) is 13.2. The molecule has 3 unspecified atom stereocenters. The zero-order chi connectivity index (χ0) is 24.1. The van der Waals surface area contributed by atoms with Gasteiger partial charge in [-0.05, 0) is 49.1 Å². The molecule has 2 heterocycles. The van der Waals surface area contributed by atoms with Gasteiger partial charge >= 0.3 is 0 Å². The van der Waals surface area contributed by atoms with Crippen LogP contribution in [0.4, 0.5) is 10.1 Å². The van der Waals surface area contributed by atoms with Gasteiger partial charge in [0.1, 0.15) is 13.0 Å². The number of nitrogens with zero attached hydrogens (tertiary/aromatic N) is 2. The number of benzene rings is 1. The van der Waals surface area contributed by atoms with Gasteiger partial charge in [0.25, 0.3) is 5.91 Å². The third-order valence-corrected chi connectivity index (χ3v) is 8.74.